The first-order valence-corrected chi connectivity index (χ1v) is 11.1. The summed E-state index contributed by atoms with van der Waals surface area (Å²) < 4.78 is 11.6. The second-order valence-corrected chi connectivity index (χ2v) is 7.90. The minimum atomic E-state index is -0.237. The number of ether oxygens (including phenoxy) is 2. The molecule has 4 aromatic rings. The lowest BCUT2D eigenvalue weighted by Crippen LogP contribution is -2.31. The van der Waals surface area contributed by atoms with Gasteiger partial charge in [0.1, 0.15) is 30.3 Å². The van der Waals surface area contributed by atoms with E-state index in [1.807, 2.05) is 30.3 Å². The second kappa shape index (κ2) is 11.2. The number of aromatic nitrogens is 3. The highest BCUT2D eigenvalue weighted by Crippen LogP contribution is 2.34. The van der Waals surface area contributed by atoms with E-state index in [9.17, 15) is 4.79 Å². The smallest absolute Gasteiger partial charge is 0.261 e. The van der Waals surface area contributed by atoms with Crippen LogP contribution in [0.1, 0.15) is 5.69 Å². The molecular weight excluding hydrogens is 466 g/mol. The molecule has 2 aromatic carbocycles. The van der Waals surface area contributed by atoms with Gasteiger partial charge in [-0.15, -0.1) is 6.42 Å². The highest BCUT2D eigenvalue weighted by molar-refractivity contribution is 6.32. The maximum atomic E-state index is 12.3. The number of nitrogens with zero attached hydrogens (tertiary/aromatic N) is 4. The van der Waals surface area contributed by atoms with Crippen LogP contribution in [0.15, 0.2) is 67.1 Å². The molecule has 2 aromatic heterocycles. The molecule has 0 unspecified atom stereocenters. The normalized spacial score (nSPS) is 10.4. The number of terminal acetylenes is 1. The Morgan fingerprint density at radius 1 is 1.09 bits per heavy atom. The molecular formula is C26H22ClN5O3. The first-order valence-electron chi connectivity index (χ1n) is 10.7. The van der Waals surface area contributed by atoms with Crippen molar-refractivity contribution >= 4 is 39.9 Å². The van der Waals surface area contributed by atoms with Gasteiger partial charge in [-0.1, -0.05) is 29.7 Å². The molecule has 0 radical (unpaired) electrons. The number of fused-ring (bicyclic) bond motifs is 1. The van der Waals surface area contributed by atoms with Crippen LogP contribution in [0.2, 0.25) is 5.02 Å². The van der Waals surface area contributed by atoms with Gasteiger partial charge in [0.2, 0.25) is 0 Å². The predicted octanol–water partition coefficient (Wildman–Crippen LogP) is 4.47. The Morgan fingerprint density at radius 3 is 2.74 bits per heavy atom. The van der Waals surface area contributed by atoms with Crippen LogP contribution in [0.25, 0.3) is 10.9 Å². The van der Waals surface area contributed by atoms with Crippen LogP contribution in [-0.2, 0) is 11.4 Å². The lowest BCUT2D eigenvalue weighted by molar-refractivity contribution is -0.131. The van der Waals surface area contributed by atoms with E-state index in [0.29, 0.717) is 45.5 Å². The molecule has 35 heavy (non-hydrogen) atoms. The Bertz CT molecular complexity index is 1370. The van der Waals surface area contributed by atoms with Crippen LogP contribution < -0.4 is 14.8 Å². The molecule has 0 aliphatic rings. The van der Waals surface area contributed by atoms with E-state index in [2.05, 4.69) is 26.2 Å². The Hall–Kier alpha value is -4.35. The average molecular weight is 488 g/mol. The fourth-order valence-electron chi connectivity index (χ4n) is 3.24. The number of hydrogen-bond acceptors (Lipinski definition) is 7. The fourth-order valence-corrected chi connectivity index (χ4v) is 3.47. The largest absolute Gasteiger partial charge is 0.486 e. The number of amides is 1. The number of pyridine rings is 1. The van der Waals surface area contributed by atoms with Gasteiger partial charge >= 0.3 is 0 Å². The summed E-state index contributed by atoms with van der Waals surface area (Å²) in [5.41, 5.74) is 2.15. The summed E-state index contributed by atoms with van der Waals surface area (Å²) >= 11 is 6.45. The first kappa shape index (κ1) is 23.8. The van der Waals surface area contributed by atoms with Gasteiger partial charge in [0.25, 0.3) is 5.91 Å². The van der Waals surface area contributed by atoms with E-state index < -0.39 is 0 Å². The molecule has 0 fully saturated rings. The summed E-state index contributed by atoms with van der Waals surface area (Å²) in [4.78, 5) is 26.6. The van der Waals surface area contributed by atoms with Gasteiger partial charge < -0.3 is 19.7 Å². The third kappa shape index (κ3) is 5.96. The molecule has 9 heteroatoms. The number of rotatable bonds is 9. The zero-order valence-corrected chi connectivity index (χ0v) is 19.7. The number of anilines is 2. The number of benzene rings is 2. The minimum Gasteiger partial charge on any atom is -0.486 e. The summed E-state index contributed by atoms with van der Waals surface area (Å²) in [6, 6.07) is 16.4. The number of carbonyl (C=O) groups excluding carboxylic acids is 1. The average Bonchev–Trinajstić information content (AvgIpc) is 2.87. The lowest BCUT2D eigenvalue weighted by Gasteiger charge is -2.16. The monoisotopic (exact) mass is 487 g/mol. The van der Waals surface area contributed by atoms with Gasteiger partial charge in [-0.2, -0.15) is 0 Å². The Labute approximate surface area is 207 Å². The maximum Gasteiger partial charge on any atom is 0.261 e. The molecule has 1 amide bonds. The molecule has 4 rings (SSSR count). The van der Waals surface area contributed by atoms with Crippen LogP contribution >= 0.6 is 11.6 Å². The van der Waals surface area contributed by atoms with Crippen LogP contribution in [0.4, 0.5) is 11.5 Å². The van der Waals surface area contributed by atoms with E-state index >= 15 is 0 Å². The Kier molecular flexibility index (Phi) is 7.60. The first-order chi connectivity index (χ1) is 17.0. The second-order valence-electron chi connectivity index (χ2n) is 7.50. The zero-order valence-electron chi connectivity index (χ0n) is 18.9. The highest BCUT2D eigenvalue weighted by Gasteiger charge is 2.14. The zero-order chi connectivity index (χ0) is 24.6. The summed E-state index contributed by atoms with van der Waals surface area (Å²) in [7, 11) is 1.62. The predicted molar refractivity (Wildman–Crippen MR) is 135 cm³/mol. The molecule has 0 spiro atoms. The summed E-state index contributed by atoms with van der Waals surface area (Å²) in [5.74, 6) is 3.71. The molecule has 0 saturated carbocycles. The topological polar surface area (TPSA) is 89.5 Å². The van der Waals surface area contributed by atoms with Gasteiger partial charge in [0.05, 0.1) is 28.2 Å². The molecule has 8 nitrogen and oxygen atoms in total. The van der Waals surface area contributed by atoms with Crippen molar-refractivity contribution in [2.45, 2.75) is 6.61 Å². The Balaban J connectivity index is 1.52. The number of hydrogen-bond donors (Lipinski definition) is 1. The molecule has 2 heterocycles. The molecule has 0 atom stereocenters. The quantitative estimate of drug-likeness (QED) is 0.348. The van der Waals surface area contributed by atoms with Crippen molar-refractivity contribution in [2.75, 3.05) is 25.5 Å². The van der Waals surface area contributed by atoms with Gasteiger partial charge in [0.15, 0.2) is 6.61 Å². The number of carbonyl (C=O) groups is 1. The minimum absolute atomic E-state index is 0.167. The Morgan fingerprint density at radius 2 is 1.97 bits per heavy atom. The standard InChI is InChI=1S/C26H22ClN5O3/c1-3-13-32(2)24(33)16-35-23-9-6-8-21-25(23)26(30-17-29-21)31-18-10-11-22(20(27)14-18)34-15-19-7-4-5-12-28-19/h1,4-12,14,17H,13,15-16H2,2H3,(H,29,30,31). The molecule has 0 bridgehead atoms. The van der Waals surface area contributed by atoms with Crippen molar-refractivity contribution in [3.05, 3.63) is 77.8 Å². The third-order valence-electron chi connectivity index (χ3n) is 5.03. The van der Waals surface area contributed by atoms with Gasteiger partial charge in [-0.25, -0.2) is 9.97 Å². The van der Waals surface area contributed by atoms with Crippen molar-refractivity contribution in [1.29, 1.82) is 0 Å². The van der Waals surface area contributed by atoms with Crippen molar-refractivity contribution in [1.82, 2.24) is 19.9 Å². The van der Waals surface area contributed by atoms with Crippen molar-refractivity contribution in [2.24, 2.45) is 0 Å². The molecule has 0 aliphatic heterocycles. The van der Waals surface area contributed by atoms with Crippen LogP contribution in [0.5, 0.6) is 11.5 Å². The highest BCUT2D eigenvalue weighted by atomic mass is 35.5. The van der Waals surface area contributed by atoms with E-state index in [1.54, 1.807) is 37.5 Å². The van der Waals surface area contributed by atoms with E-state index in [1.165, 1.54) is 11.2 Å². The molecule has 0 saturated heterocycles. The van der Waals surface area contributed by atoms with E-state index in [0.717, 1.165) is 5.69 Å². The number of nitrogens with one attached hydrogen (secondary N) is 1. The number of likely N-dealkylation sites (N-methyl/N-ethyl adjacent to an activating group) is 1. The van der Waals surface area contributed by atoms with E-state index in [-0.39, 0.29) is 19.1 Å². The van der Waals surface area contributed by atoms with Crippen LogP contribution in [-0.4, -0.2) is 46.0 Å². The van der Waals surface area contributed by atoms with Crippen molar-refractivity contribution in [3.63, 3.8) is 0 Å². The molecule has 0 aliphatic carbocycles. The lowest BCUT2D eigenvalue weighted by atomic mass is 10.2. The maximum absolute atomic E-state index is 12.3. The molecule has 1 N–H and O–H groups in total. The number of halogens is 1. The van der Waals surface area contributed by atoms with Gasteiger partial charge in [-0.05, 0) is 42.5 Å². The summed E-state index contributed by atoms with van der Waals surface area (Å²) in [5, 5.41) is 4.32. The van der Waals surface area contributed by atoms with Gasteiger partial charge in [-0.3, -0.25) is 9.78 Å². The van der Waals surface area contributed by atoms with E-state index in [4.69, 9.17) is 27.5 Å². The van der Waals surface area contributed by atoms with Gasteiger partial charge in [0, 0.05) is 18.9 Å². The SMILES string of the molecule is C#CCN(C)C(=O)COc1cccc2ncnc(Nc3ccc(OCc4ccccn4)c(Cl)c3)c12. The van der Waals surface area contributed by atoms with Crippen LogP contribution in [0, 0.1) is 12.3 Å². The summed E-state index contributed by atoms with van der Waals surface area (Å²) in [6.45, 7) is 0.343. The van der Waals surface area contributed by atoms with Crippen molar-refractivity contribution in [3.8, 4) is 23.8 Å². The fraction of sp³-hybridized carbons (Fsp3) is 0.154. The summed E-state index contributed by atoms with van der Waals surface area (Å²) in [6.07, 6.45) is 8.44. The van der Waals surface area contributed by atoms with Crippen molar-refractivity contribution < 1.29 is 14.3 Å². The molecule has 176 valence electrons. The third-order valence-corrected chi connectivity index (χ3v) is 5.32. The van der Waals surface area contributed by atoms with Crippen LogP contribution in [0.3, 0.4) is 0 Å².